The molecule has 2 aromatic rings. The van der Waals surface area contributed by atoms with E-state index in [9.17, 15) is 27.0 Å². The van der Waals surface area contributed by atoms with Crippen LogP contribution in [0.15, 0.2) is 39.0 Å². The first-order chi connectivity index (χ1) is 13.1. The van der Waals surface area contributed by atoms with Gasteiger partial charge in [-0.2, -0.15) is 9.57 Å². The second kappa shape index (κ2) is 7.34. The normalized spacial score (nSPS) is 23.6. The number of benzene rings is 1. The Kier molecular flexibility index (Phi) is 5.54. The fourth-order valence-electron chi connectivity index (χ4n) is 2.94. The number of β-amino-alcohol motifs (C(OH)–C–C–N with tert-alkyl or cyclic N) is 1. The van der Waals surface area contributed by atoms with E-state index in [1.54, 1.807) is 0 Å². The van der Waals surface area contributed by atoms with Gasteiger partial charge in [-0.15, -0.1) is 11.3 Å². The topological polar surface area (TPSA) is 149 Å². The zero-order valence-electron chi connectivity index (χ0n) is 14.1. The molecule has 0 aliphatic carbocycles. The molecule has 2 atom stereocenters. The average molecular weight is 464 g/mol. The highest BCUT2D eigenvalue weighted by Gasteiger charge is 2.55. The van der Waals surface area contributed by atoms with Crippen molar-refractivity contribution in [3.8, 4) is 6.07 Å². The molecule has 150 valence electrons. The molecule has 1 aromatic heterocycles. The van der Waals surface area contributed by atoms with Crippen molar-refractivity contribution in [3.63, 3.8) is 0 Å². The molecule has 9 nitrogen and oxygen atoms in total. The van der Waals surface area contributed by atoms with E-state index in [2.05, 4.69) is 4.98 Å². The molecule has 2 heterocycles. The molecule has 0 radical (unpaired) electrons. The molecule has 3 rings (SSSR count). The summed E-state index contributed by atoms with van der Waals surface area (Å²) in [6.07, 6.45) is 1.27. The van der Waals surface area contributed by atoms with Crippen molar-refractivity contribution in [1.82, 2.24) is 9.29 Å². The molecule has 1 aliphatic rings. The van der Waals surface area contributed by atoms with Gasteiger partial charge in [-0.1, -0.05) is 11.6 Å². The number of halogens is 1. The number of aromatic nitrogens is 1. The van der Waals surface area contributed by atoms with Crippen molar-refractivity contribution in [2.24, 2.45) is 0 Å². The number of rotatable bonds is 5. The van der Waals surface area contributed by atoms with E-state index in [1.165, 1.54) is 23.7 Å². The van der Waals surface area contributed by atoms with Gasteiger partial charge in [0.25, 0.3) is 0 Å². The van der Waals surface area contributed by atoms with Gasteiger partial charge in [0.15, 0.2) is 0 Å². The highest BCUT2D eigenvalue weighted by atomic mass is 35.5. The predicted molar refractivity (Wildman–Crippen MR) is 100 cm³/mol. The first-order valence-corrected chi connectivity index (χ1v) is 12.0. The molecule has 28 heavy (non-hydrogen) atoms. The summed E-state index contributed by atoms with van der Waals surface area (Å²) < 4.78 is 52.1. The van der Waals surface area contributed by atoms with Gasteiger partial charge in [-0.05, 0) is 18.2 Å². The van der Waals surface area contributed by atoms with E-state index in [-0.39, 0.29) is 19.8 Å². The lowest BCUT2D eigenvalue weighted by Crippen LogP contribution is -2.49. The van der Waals surface area contributed by atoms with Crippen molar-refractivity contribution in [2.75, 3.05) is 19.7 Å². The summed E-state index contributed by atoms with van der Waals surface area (Å²) in [5.41, 5.74) is -2.06. The van der Waals surface area contributed by atoms with Gasteiger partial charge in [0.05, 0.1) is 23.3 Å². The fourth-order valence-corrected chi connectivity index (χ4v) is 8.04. The second-order valence-electron chi connectivity index (χ2n) is 6.15. The molecule has 0 amide bonds. The van der Waals surface area contributed by atoms with Crippen molar-refractivity contribution in [1.29, 1.82) is 5.26 Å². The summed E-state index contributed by atoms with van der Waals surface area (Å²) in [5.74, 6) is 0. The zero-order chi connectivity index (χ0) is 20.7. The van der Waals surface area contributed by atoms with Crippen LogP contribution in [-0.4, -0.2) is 66.9 Å². The number of hydrogen-bond acceptors (Lipinski definition) is 9. The Labute approximate surface area is 170 Å². The van der Waals surface area contributed by atoms with Crippen molar-refractivity contribution in [2.45, 2.75) is 20.1 Å². The molecule has 0 bridgehead atoms. The third-order valence-electron chi connectivity index (χ3n) is 4.40. The Bertz CT molecular complexity index is 1140. The van der Waals surface area contributed by atoms with Gasteiger partial charge < -0.3 is 10.2 Å². The maximum absolute atomic E-state index is 13.0. The molecule has 0 saturated carbocycles. The summed E-state index contributed by atoms with van der Waals surface area (Å²) in [5, 5.41) is 28.8. The first-order valence-electron chi connectivity index (χ1n) is 7.73. The summed E-state index contributed by atoms with van der Waals surface area (Å²) in [6, 6.07) is 5.40. The van der Waals surface area contributed by atoms with E-state index in [0.29, 0.717) is 0 Å². The molecule has 1 fully saturated rings. The summed E-state index contributed by atoms with van der Waals surface area (Å²) in [6.45, 7) is -2.19. The van der Waals surface area contributed by atoms with E-state index in [4.69, 9.17) is 16.9 Å². The summed E-state index contributed by atoms with van der Waals surface area (Å²) in [7, 11) is -8.49. The largest absolute Gasteiger partial charge is 0.393 e. The number of aliphatic hydroxyl groups excluding tert-OH is 1. The molecular formula is C15H14ClN3O6S3. The average Bonchev–Trinajstić information content (AvgIpc) is 3.30. The Morgan fingerprint density at radius 3 is 2.64 bits per heavy atom. The number of aliphatic hydroxyl groups is 2. The third-order valence-corrected chi connectivity index (χ3v) is 10.2. The summed E-state index contributed by atoms with van der Waals surface area (Å²) >= 11 is 6.82. The minimum Gasteiger partial charge on any atom is -0.393 e. The number of sulfonamides is 1. The van der Waals surface area contributed by atoms with Crippen LogP contribution >= 0.6 is 22.9 Å². The van der Waals surface area contributed by atoms with Gasteiger partial charge in [-0.25, -0.2) is 21.8 Å². The lowest BCUT2D eigenvalue weighted by atomic mass is 10.1. The monoisotopic (exact) mass is 463 g/mol. The second-order valence-corrected chi connectivity index (χ2v) is 11.7. The highest BCUT2D eigenvalue weighted by molar-refractivity contribution is 7.94. The lowest BCUT2D eigenvalue weighted by Gasteiger charge is -2.25. The smallest absolute Gasteiger partial charge is 0.244 e. The minimum absolute atomic E-state index is 0.154. The molecule has 2 N–H and O–H groups in total. The van der Waals surface area contributed by atoms with Crippen LogP contribution < -0.4 is 0 Å². The SMILES string of the molecule is N#Cc1ccc(S(=O)(=O)N2CC(S(=O)(=O)c3nccs3)[C@](O)(CO)C2)c(Cl)c1. The Hall–Kier alpha value is -1.59. The molecule has 1 aromatic carbocycles. The Morgan fingerprint density at radius 2 is 2.11 bits per heavy atom. The van der Waals surface area contributed by atoms with Crippen molar-refractivity contribution < 1.29 is 27.0 Å². The molecule has 1 aliphatic heterocycles. The van der Waals surface area contributed by atoms with E-state index < -0.39 is 50.4 Å². The maximum Gasteiger partial charge on any atom is 0.244 e. The predicted octanol–water partition coefficient (Wildman–Crippen LogP) is 0.238. The first kappa shape index (κ1) is 21.1. The van der Waals surface area contributed by atoms with Gasteiger partial charge in [0.1, 0.15) is 15.7 Å². The number of nitriles is 1. The molecule has 1 unspecified atom stereocenters. The van der Waals surface area contributed by atoms with E-state index in [0.717, 1.165) is 21.7 Å². The Balaban J connectivity index is 2.02. The standard InChI is InChI=1S/C15H14ClN3O6S3/c16-11-5-10(6-17)1-2-12(11)28(24,25)19-7-13(15(21,8-19)9-20)27(22,23)14-18-3-4-26-14/h1-5,13,20-21H,7-9H2/t13?,15-/m1/s1. The molecule has 13 heteroatoms. The Morgan fingerprint density at radius 1 is 1.39 bits per heavy atom. The van der Waals surface area contributed by atoms with Crippen molar-refractivity contribution >= 4 is 42.8 Å². The zero-order valence-corrected chi connectivity index (χ0v) is 17.3. The fraction of sp³-hybridized carbons (Fsp3) is 0.333. The number of sulfone groups is 1. The molecular weight excluding hydrogens is 450 g/mol. The van der Waals surface area contributed by atoms with Crippen LogP contribution in [0.5, 0.6) is 0 Å². The van der Waals surface area contributed by atoms with Gasteiger partial charge in [0, 0.05) is 24.7 Å². The van der Waals surface area contributed by atoms with Crippen LogP contribution in [0, 0.1) is 11.3 Å². The van der Waals surface area contributed by atoms with Crippen LogP contribution in [-0.2, 0) is 19.9 Å². The summed E-state index contributed by atoms with van der Waals surface area (Å²) in [4.78, 5) is 3.40. The third kappa shape index (κ3) is 3.43. The molecule has 1 saturated heterocycles. The highest BCUT2D eigenvalue weighted by Crippen LogP contribution is 2.36. The van der Waals surface area contributed by atoms with Gasteiger partial charge >= 0.3 is 0 Å². The number of thiazole rings is 1. The minimum atomic E-state index is -4.30. The van der Waals surface area contributed by atoms with Crippen LogP contribution in [0.1, 0.15) is 5.56 Å². The van der Waals surface area contributed by atoms with E-state index >= 15 is 0 Å². The van der Waals surface area contributed by atoms with E-state index in [1.807, 2.05) is 6.07 Å². The van der Waals surface area contributed by atoms with Gasteiger partial charge in [0.2, 0.25) is 24.2 Å². The maximum atomic E-state index is 13.0. The van der Waals surface area contributed by atoms with Crippen LogP contribution in [0.3, 0.4) is 0 Å². The quantitative estimate of drug-likeness (QED) is 0.640. The lowest BCUT2D eigenvalue weighted by molar-refractivity contribution is 0.00160. The van der Waals surface area contributed by atoms with Crippen LogP contribution in [0.2, 0.25) is 5.02 Å². The number of hydrogen-bond donors (Lipinski definition) is 2. The molecule has 0 spiro atoms. The van der Waals surface area contributed by atoms with Gasteiger partial charge in [-0.3, -0.25) is 0 Å². The van der Waals surface area contributed by atoms with Crippen molar-refractivity contribution in [3.05, 3.63) is 40.4 Å². The number of nitrogens with zero attached hydrogens (tertiary/aromatic N) is 3. The van der Waals surface area contributed by atoms with Crippen LogP contribution in [0.4, 0.5) is 0 Å². The van der Waals surface area contributed by atoms with Crippen LogP contribution in [0.25, 0.3) is 0 Å².